The van der Waals surface area contributed by atoms with Gasteiger partial charge in [0, 0.05) is 56.4 Å². The Bertz CT molecular complexity index is 1160. The fourth-order valence-electron chi connectivity index (χ4n) is 4.40. The van der Waals surface area contributed by atoms with E-state index in [1.165, 1.54) is 25.1 Å². The van der Waals surface area contributed by atoms with E-state index in [0.29, 0.717) is 28.9 Å². The van der Waals surface area contributed by atoms with Crippen LogP contribution in [0.3, 0.4) is 0 Å². The summed E-state index contributed by atoms with van der Waals surface area (Å²) in [5.74, 6) is 3.45. The summed E-state index contributed by atoms with van der Waals surface area (Å²) >= 11 is 0. The molecule has 5 rings (SSSR count). The molecule has 1 saturated heterocycles. The van der Waals surface area contributed by atoms with E-state index in [4.69, 9.17) is 15.2 Å². The van der Waals surface area contributed by atoms with Crippen LogP contribution in [0.1, 0.15) is 12.8 Å². The molecule has 2 aliphatic rings. The first-order valence-corrected chi connectivity index (χ1v) is 12.1. The van der Waals surface area contributed by atoms with Crippen molar-refractivity contribution in [1.29, 1.82) is 0 Å². The van der Waals surface area contributed by atoms with Crippen LogP contribution in [-0.4, -0.2) is 61.8 Å². The van der Waals surface area contributed by atoms with Crippen molar-refractivity contribution >= 4 is 34.5 Å². The van der Waals surface area contributed by atoms with Gasteiger partial charge in [-0.1, -0.05) is 0 Å². The Morgan fingerprint density at radius 2 is 1.71 bits per heavy atom. The number of anilines is 6. The number of nitrogens with one attached hydrogen (secondary N) is 2. The molecule has 35 heavy (non-hydrogen) atoms. The predicted molar refractivity (Wildman–Crippen MR) is 140 cm³/mol. The lowest BCUT2D eigenvalue weighted by Crippen LogP contribution is -2.47. The second kappa shape index (κ2) is 10.3. The number of nitrogens with two attached hydrogens (primary N) is 1. The van der Waals surface area contributed by atoms with E-state index in [2.05, 4.69) is 42.5 Å². The quantitative estimate of drug-likeness (QED) is 0.395. The third kappa shape index (κ3) is 5.68. The van der Waals surface area contributed by atoms with Crippen LogP contribution in [0.25, 0.3) is 0 Å². The highest BCUT2D eigenvalue weighted by Crippen LogP contribution is 2.34. The van der Waals surface area contributed by atoms with Crippen molar-refractivity contribution in [2.45, 2.75) is 12.8 Å². The third-order valence-electron chi connectivity index (χ3n) is 6.52. The van der Waals surface area contributed by atoms with Gasteiger partial charge in [0.05, 0.1) is 25.6 Å². The van der Waals surface area contributed by atoms with Crippen LogP contribution in [0.15, 0.2) is 48.7 Å². The van der Waals surface area contributed by atoms with Crippen LogP contribution in [0, 0.1) is 5.92 Å². The number of nitrogens with zero attached hydrogens (tertiary/aromatic N) is 4. The van der Waals surface area contributed by atoms with Crippen molar-refractivity contribution in [3.8, 4) is 11.5 Å². The van der Waals surface area contributed by atoms with Gasteiger partial charge in [-0.3, -0.25) is 4.90 Å². The first-order valence-electron chi connectivity index (χ1n) is 12.1. The van der Waals surface area contributed by atoms with Crippen molar-refractivity contribution < 1.29 is 9.47 Å². The highest BCUT2D eigenvalue weighted by Gasteiger charge is 2.26. The highest BCUT2D eigenvalue weighted by atomic mass is 16.5. The molecular weight excluding hydrogens is 442 g/mol. The van der Waals surface area contributed by atoms with Crippen molar-refractivity contribution in [2.75, 3.05) is 68.2 Å². The number of benzene rings is 2. The Morgan fingerprint density at radius 1 is 0.914 bits per heavy atom. The molecule has 2 fully saturated rings. The minimum absolute atomic E-state index is 0.429. The summed E-state index contributed by atoms with van der Waals surface area (Å²) in [6.45, 7) is 5.58. The van der Waals surface area contributed by atoms with Gasteiger partial charge in [0.15, 0.2) is 0 Å². The van der Waals surface area contributed by atoms with Crippen molar-refractivity contribution in [2.24, 2.45) is 5.92 Å². The standard InChI is InChI=1S/C26H33N7O2/c1-34-23-8-5-19(27)15-22(23)30-26-28-10-9-25(31-26)29-21-7-6-20(16-24(21)35-2)33-13-11-32(12-14-33)17-18-3-4-18/h5-10,15-16,18H,3-4,11-14,17,27H2,1-2H3,(H2,28,29,30,31). The highest BCUT2D eigenvalue weighted by molar-refractivity contribution is 5.71. The van der Waals surface area contributed by atoms with Crippen LogP contribution in [0.4, 0.5) is 34.5 Å². The van der Waals surface area contributed by atoms with Crippen LogP contribution in [-0.2, 0) is 0 Å². The van der Waals surface area contributed by atoms with Gasteiger partial charge in [-0.2, -0.15) is 4.98 Å². The molecule has 9 heteroatoms. The predicted octanol–water partition coefficient (Wildman–Crippen LogP) is 4.10. The molecule has 1 saturated carbocycles. The third-order valence-corrected chi connectivity index (χ3v) is 6.52. The van der Waals surface area contributed by atoms with E-state index in [1.54, 1.807) is 38.6 Å². The lowest BCUT2D eigenvalue weighted by Gasteiger charge is -2.36. The van der Waals surface area contributed by atoms with Crippen LogP contribution in [0.2, 0.25) is 0 Å². The molecule has 0 radical (unpaired) electrons. The van der Waals surface area contributed by atoms with Gasteiger partial charge in [0.2, 0.25) is 5.95 Å². The number of hydrogen-bond acceptors (Lipinski definition) is 9. The van der Waals surface area contributed by atoms with E-state index in [-0.39, 0.29) is 0 Å². The first kappa shape index (κ1) is 23.0. The SMILES string of the molecule is COc1cc(N2CCN(CC3CC3)CC2)ccc1Nc1ccnc(Nc2cc(N)ccc2OC)n1. The zero-order valence-corrected chi connectivity index (χ0v) is 20.3. The molecule has 0 unspecified atom stereocenters. The normalized spacial score (nSPS) is 16.1. The molecular formula is C26H33N7O2. The van der Waals surface area contributed by atoms with Gasteiger partial charge in [-0.05, 0) is 55.2 Å². The summed E-state index contributed by atoms with van der Waals surface area (Å²) in [6.07, 6.45) is 4.51. The van der Waals surface area contributed by atoms with E-state index in [1.807, 2.05) is 12.1 Å². The van der Waals surface area contributed by atoms with Crippen molar-refractivity contribution in [3.05, 3.63) is 48.7 Å². The Morgan fingerprint density at radius 3 is 2.46 bits per heavy atom. The molecule has 0 spiro atoms. The van der Waals surface area contributed by atoms with E-state index in [9.17, 15) is 0 Å². The minimum Gasteiger partial charge on any atom is -0.495 e. The van der Waals surface area contributed by atoms with E-state index in [0.717, 1.165) is 43.5 Å². The smallest absolute Gasteiger partial charge is 0.229 e. The first-order chi connectivity index (χ1) is 17.1. The number of methoxy groups -OCH3 is 2. The largest absolute Gasteiger partial charge is 0.495 e. The second-order valence-electron chi connectivity index (χ2n) is 9.09. The maximum absolute atomic E-state index is 5.93. The second-order valence-corrected chi connectivity index (χ2v) is 9.09. The molecule has 2 heterocycles. The summed E-state index contributed by atoms with van der Waals surface area (Å²) < 4.78 is 11.1. The fraction of sp³-hybridized carbons (Fsp3) is 0.385. The summed E-state index contributed by atoms with van der Waals surface area (Å²) in [5, 5.41) is 6.54. The van der Waals surface area contributed by atoms with Gasteiger partial charge >= 0.3 is 0 Å². The molecule has 0 atom stereocenters. The number of aromatic nitrogens is 2. The number of piperazine rings is 1. The van der Waals surface area contributed by atoms with Gasteiger partial charge in [-0.15, -0.1) is 0 Å². The summed E-state index contributed by atoms with van der Waals surface area (Å²) in [4.78, 5) is 13.9. The summed E-state index contributed by atoms with van der Waals surface area (Å²) in [7, 11) is 3.30. The van der Waals surface area contributed by atoms with Crippen LogP contribution in [0.5, 0.6) is 11.5 Å². The molecule has 1 aliphatic heterocycles. The average molecular weight is 476 g/mol. The zero-order valence-electron chi connectivity index (χ0n) is 20.3. The molecule has 0 bridgehead atoms. The topological polar surface area (TPSA) is 101 Å². The number of hydrogen-bond donors (Lipinski definition) is 3. The van der Waals surface area contributed by atoms with Gasteiger partial charge in [0.1, 0.15) is 17.3 Å². The molecule has 184 valence electrons. The Labute approximate surface area is 206 Å². The fourth-order valence-corrected chi connectivity index (χ4v) is 4.40. The average Bonchev–Trinajstić information content (AvgIpc) is 3.69. The van der Waals surface area contributed by atoms with Crippen LogP contribution >= 0.6 is 0 Å². The molecule has 1 aromatic heterocycles. The molecule has 4 N–H and O–H groups in total. The molecule has 0 amide bonds. The van der Waals surface area contributed by atoms with E-state index >= 15 is 0 Å². The van der Waals surface area contributed by atoms with Gasteiger partial charge < -0.3 is 30.7 Å². The maximum atomic E-state index is 5.93. The number of nitrogen functional groups attached to an aromatic ring is 1. The number of ether oxygens (including phenoxy) is 2. The molecule has 1 aliphatic carbocycles. The minimum atomic E-state index is 0.429. The summed E-state index contributed by atoms with van der Waals surface area (Å²) in [6, 6.07) is 13.5. The Hall–Kier alpha value is -3.72. The lowest BCUT2D eigenvalue weighted by molar-refractivity contribution is 0.248. The molecule has 2 aromatic carbocycles. The van der Waals surface area contributed by atoms with Gasteiger partial charge in [0.25, 0.3) is 0 Å². The van der Waals surface area contributed by atoms with E-state index < -0.39 is 0 Å². The van der Waals surface area contributed by atoms with Crippen molar-refractivity contribution in [3.63, 3.8) is 0 Å². The lowest BCUT2D eigenvalue weighted by atomic mass is 10.2. The Balaban J connectivity index is 1.26. The maximum Gasteiger partial charge on any atom is 0.229 e. The summed E-state index contributed by atoms with van der Waals surface area (Å²) in [5.41, 5.74) is 9.27. The molecule has 9 nitrogen and oxygen atoms in total. The zero-order chi connectivity index (χ0) is 24.2. The Kier molecular flexibility index (Phi) is 6.76. The van der Waals surface area contributed by atoms with Crippen molar-refractivity contribution in [1.82, 2.24) is 14.9 Å². The monoisotopic (exact) mass is 475 g/mol. The number of rotatable bonds is 9. The van der Waals surface area contributed by atoms with Gasteiger partial charge in [-0.25, -0.2) is 4.98 Å². The molecule has 3 aromatic rings. The van der Waals surface area contributed by atoms with Crippen LogP contribution < -0.4 is 30.7 Å².